The summed E-state index contributed by atoms with van der Waals surface area (Å²) in [7, 11) is -4.03. The number of anilines is 1. The van der Waals surface area contributed by atoms with Gasteiger partial charge in [0.2, 0.25) is 0 Å². The van der Waals surface area contributed by atoms with Crippen LogP contribution in [0.15, 0.2) is 102 Å². The normalized spacial score (nSPS) is 12.3. The summed E-state index contributed by atoms with van der Waals surface area (Å²) in [4.78, 5) is 12.9. The number of carbonyl (C=O) groups excluding carboxylic acids is 1. The molecule has 0 aromatic heterocycles. The molecule has 0 saturated carbocycles. The van der Waals surface area contributed by atoms with Crippen molar-refractivity contribution in [2.24, 2.45) is 0 Å². The van der Waals surface area contributed by atoms with Gasteiger partial charge in [0.05, 0.1) is 18.2 Å². The lowest BCUT2D eigenvalue weighted by Gasteiger charge is -2.18. The standard InChI is InChI=1S/C26H24N2O4S/c29-18-23(16-19-8-2-1-3-9-19)27-26(30)24-12-6-7-13-25(24)33(31,32)28-22-15-14-20-10-4-5-11-21(20)17-22/h1-15,17,23,28-29H,16,18H2,(H,27,30)/t23-/m0/s1. The Morgan fingerprint density at radius 2 is 1.48 bits per heavy atom. The average molecular weight is 461 g/mol. The van der Waals surface area contributed by atoms with E-state index in [0.717, 1.165) is 16.3 Å². The molecule has 0 saturated heterocycles. The van der Waals surface area contributed by atoms with E-state index in [1.807, 2.05) is 60.7 Å². The maximum atomic E-state index is 13.2. The van der Waals surface area contributed by atoms with Gasteiger partial charge in [-0.2, -0.15) is 0 Å². The third-order valence-electron chi connectivity index (χ3n) is 5.30. The minimum Gasteiger partial charge on any atom is -0.394 e. The zero-order valence-electron chi connectivity index (χ0n) is 17.8. The molecule has 4 aromatic rings. The van der Waals surface area contributed by atoms with Crippen molar-refractivity contribution in [1.29, 1.82) is 0 Å². The van der Waals surface area contributed by atoms with Crippen molar-refractivity contribution in [2.45, 2.75) is 17.4 Å². The van der Waals surface area contributed by atoms with Gasteiger partial charge in [0.15, 0.2) is 0 Å². The molecule has 0 fully saturated rings. The number of fused-ring (bicyclic) bond motifs is 1. The molecule has 6 nitrogen and oxygen atoms in total. The van der Waals surface area contributed by atoms with Gasteiger partial charge < -0.3 is 10.4 Å². The lowest BCUT2D eigenvalue weighted by molar-refractivity contribution is 0.0913. The van der Waals surface area contributed by atoms with Gasteiger partial charge in [-0.15, -0.1) is 0 Å². The first-order valence-electron chi connectivity index (χ1n) is 10.5. The van der Waals surface area contributed by atoms with Crippen molar-refractivity contribution in [2.75, 3.05) is 11.3 Å². The summed E-state index contributed by atoms with van der Waals surface area (Å²) in [5, 5.41) is 14.4. The number of rotatable bonds is 8. The number of aliphatic hydroxyl groups excluding tert-OH is 1. The van der Waals surface area contributed by atoms with Gasteiger partial charge in [-0.05, 0) is 47.0 Å². The van der Waals surface area contributed by atoms with Crippen LogP contribution in [0.3, 0.4) is 0 Å². The Hall–Kier alpha value is -3.68. The van der Waals surface area contributed by atoms with E-state index in [1.54, 1.807) is 24.3 Å². The molecule has 3 N–H and O–H groups in total. The van der Waals surface area contributed by atoms with Gasteiger partial charge >= 0.3 is 0 Å². The van der Waals surface area contributed by atoms with Gasteiger partial charge in [-0.3, -0.25) is 9.52 Å². The van der Waals surface area contributed by atoms with Gasteiger partial charge in [-0.1, -0.05) is 72.8 Å². The highest BCUT2D eigenvalue weighted by molar-refractivity contribution is 7.92. The molecular formula is C26H24N2O4S. The Morgan fingerprint density at radius 3 is 2.24 bits per heavy atom. The molecule has 0 aliphatic heterocycles. The number of hydrogen-bond donors (Lipinski definition) is 3. The van der Waals surface area contributed by atoms with E-state index in [9.17, 15) is 18.3 Å². The van der Waals surface area contributed by atoms with E-state index in [1.165, 1.54) is 12.1 Å². The Bertz CT molecular complexity index is 1370. The van der Waals surface area contributed by atoms with E-state index in [2.05, 4.69) is 10.0 Å². The summed E-state index contributed by atoms with van der Waals surface area (Å²) >= 11 is 0. The van der Waals surface area contributed by atoms with Crippen LogP contribution in [0.2, 0.25) is 0 Å². The van der Waals surface area contributed by atoms with Crippen LogP contribution in [-0.2, 0) is 16.4 Å². The quantitative estimate of drug-likeness (QED) is 0.371. The maximum absolute atomic E-state index is 13.2. The Morgan fingerprint density at radius 1 is 0.818 bits per heavy atom. The van der Waals surface area contributed by atoms with Crippen LogP contribution < -0.4 is 10.0 Å². The molecule has 0 heterocycles. The average Bonchev–Trinajstić information content (AvgIpc) is 2.84. The van der Waals surface area contributed by atoms with E-state index in [4.69, 9.17) is 0 Å². The number of hydrogen-bond acceptors (Lipinski definition) is 4. The molecular weight excluding hydrogens is 436 g/mol. The Labute approximate surface area is 193 Å². The monoisotopic (exact) mass is 460 g/mol. The first-order valence-corrected chi connectivity index (χ1v) is 12.0. The first kappa shape index (κ1) is 22.5. The van der Waals surface area contributed by atoms with Crippen LogP contribution in [0.25, 0.3) is 10.8 Å². The number of nitrogens with one attached hydrogen (secondary N) is 2. The van der Waals surface area contributed by atoms with E-state index < -0.39 is 22.0 Å². The smallest absolute Gasteiger partial charge is 0.262 e. The fourth-order valence-corrected chi connectivity index (χ4v) is 4.93. The summed E-state index contributed by atoms with van der Waals surface area (Å²) in [6.45, 7) is -0.273. The van der Waals surface area contributed by atoms with Gasteiger partial charge in [-0.25, -0.2) is 8.42 Å². The summed E-state index contributed by atoms with van der Waals surface area (Å²) in [5.41, 5.74) is 1.37. The number of amides is 1. The lowest BCUT2D eigenvalue weighted by atomic mass is 10.1. The van der Waals surface area contributed by atoms with E-state index >= 15 is 0 Å². The van der Waals surface area contributed by atoms with Crippen molar-refractivity contribution in [3.8, 4) is 0 Å². The van der Waals surface area contributed by atoms with Crippen molar-refractivity contribution < 1.29 is 18.3 Å². The lowest BCUT2D eigenvalue weighted by Crippen LogP contribution is -2.39. The molecule has 168 valence electrons. The molecule has 0 aliphatic carbocycles. The largest absolute Gasteiger partial charge is 0.394 e. The van der Waals surface area contributed by atoms with Crippen LogP contribution in [0, 0.1) is 0 Å². The second-order valence-corrected chi connectivity index (χ2v) is 9.36. The summed E-state index contributed by atoms with van der Waals surface area (Å²) in [6, 6.07) is 27.8. The third kappa shape index (κ3) is 5.39. The SMILES string of the molecule is O=C(N[C@H](CO)Cc1ccccc1)c1ccccc1S(=O)(=O)Nc1ccc2ccccc2c1. The van der Waals surface area contributed by atoms with Crippen LogP contribution >= 0.6 is 0 Å². The highest BCUT2D eigenvalue weighted by Gasteiger charge is 2.24. The fourth-order valence-electron chi connectivity index (χ4n) is 3.67. The highest BCUT2D eigenvalue weighted by atomic mass is 32.2. The van der Waals surface area contributed by atoms with Crippen molar-refractivity contribution in [3.63, 3.8) is 0 Å². The maximum Gasteiger partial charge on any atom is 0.262 e. The molecule has 0 aliphatic rings. The second-order valence-electron chi connectivity index (χ2n) is 7.71. The number of benzene rings is 4. The number of aliphatic hydroxyl groups is 1. The molecule has 33 heavy (non-hydrogen) atoms. The van der Waals surface area contributed by atoms with Crippen LogP contribution in [-0.4, -0.2) is 32.1 Å². The molecule has 0 bridgehead atoms. The fraction of sp³-hybridized carbons (Fsp3) is 0.115. The molecule has 0 unspecified atom stereocenters. The van der Waals surface area contributed by atoms with Crippen molar-refractivity contribution in [1.82, 2.24) is 5.32 Å². The second kappa shape index (κ2) is 9.85. The molecule has 0 spiro atoms. The van der Waals surface area contributed by atoms with Crippen LogP contribution in [0.4, 0.5) is 5.69 Å². The first-order chi connectivity index (χ1) is 16.0. The highest BCUT2D eigenvalue weighted by Crippen LogP contribution is 2.23. The molecule has 4 rings (SSSR count). The number of carbonyl (C=O) groups is 1. The predicted octanol–water partition coefficient (Wildman–Crippen LogP) is 3.97. The number of sulfonamides is 1. The molecule has 1 atom stereocenters. The Kier molecular flexibility index (Phi) is 6.72. The molecule has 7 heteroatoms. The summed E-state index contributed by atoms with van der Waals surface area (Å²) in [5.74, 6) is -0.565. The van der Waals surface area contributed by atoms with Gasteiger partial charge in [0.25, 0.3) is 15.9 Å². The zero-order valence-corrected chi connectivity index (χ0v) is 18.6. The third-order valence-corrected chi connectivity index (χ3v) is 6.74. The van der Waals surface area contributed by atoms with E-state index in [-0.39, 0.29) is 17.1 Å². The van der Waals surface area contributed by atoms with Crippen LogP contribution in [0.5, 0.6) is 0 Å². The van der Waals surface area contributed by atoms with Crippen molar-refractivity contribution in [3.05, 3.63) is 108 Å². The molecule has 0 radical (unpaired) electrons. The molecule has 1 amide bonds. The molecule has 4 aromatic carbocycles. The van der Waals surface area contributed by atoms with Crippen molar-refractivity contribution >= 4 is 32.4 Å². The predicted molar refractivity (Wildman–Crippen MR) is 130 cm³/mol. The zero-order chi connectivity index (χ0) is 23.3. The summed E-state index contributed by atoms with van der Waals surface area (Å²) in [6.07, 6.45) is 0.424. The van der Waals surface area contributed by atoms with E-state index in [0.29, 0.717) is 12.1 Å². The van der Waals surface area contributed by atoms with Gasteiger partial charge in [0.1, 0.15) is 4.90 Å². The van der Waals surface area contributed by atoms with Crippen LogP contribution in [0.1, 0.15) is 15.9 Å². The van der Waals surface area contributed by atoms with Gasteiger partial charge in [0, 0.05) is 5.69 Å². The Balaban J connectivity index is 1.56. The topological polar surface area (TPSA) is 95.5 Å². The minimum absolute atomic E-state index is 0.0114. The minimum atomic E-state index is -4.03. The summed E-state index contributed by atoms with van der Waals surface area (Å²) < 4.78 is 28.9.